The SMILES string of the molecule is Cc1ccc2nc(-c3ccc(SCC(N)=O)nc3)[nH]c2c1. The molecule has 2 aromatic heterocycles. The molecule has 2 heterocycles. The van der Waals surface area contributed by atoms with Crippen LogP contribution in [0.5, 0.6) is 0 Å². The van der Waals surface area contributed by atoms with Gasteiger partial charge in [-0.2, -0.15) is 0 Å². The molecule has 5 nitrogen and oxygen atoms in total. The lowest BCUT2D eigenvalue weighted by Gasteiger charge is -1.99. The van der Waals surface area contributed by atoms with Crippen molar-refractivity contribution < 1.29 is 4.79 Å². The van der Waals surface area contributed by atoms with Gasteiger partial charge in [-0.25, -0.2) is 9.97 Å². The van der Waals surface area contributed by atoms with Crippen molar-refractivity contribution in [1.82, 2.24) is 15.0 Å². The standard InChI is InChI=1S/C15H14N4OS/c1-9-2-4-11-12(6-9)19-15(18-11)10-3-5-14(17-7-10)21-8-13(16)20/h2-7H,8H2,1H3,(H2,16,20)(H,18,19). The quantitative estimate of drug-likeness (QED) is 0.725. The minimum atomic E-state index is -0.349. The van der Waals surface area contributed by atoms with Crippen LogP contribution in [-0.4, -0.2) is 26.6 Å². The Balaban J connectivity index is 1.86. The molecular formula is C15H14N4OS. The molecule has 0 atom stereocenters. The van der Waals surface area contributed by atoms with Gasteiger partial charge in [-0.15, -0.1) is 0 Å². The Bertz CT molecular complexity index is 795. The Morgan fingerprint density at radius 3 is 2.90 bits per heavy atom. The van der Waals surface area contributed by atoms with Gasteiger partial charge in [-0.1, -0.05) is 17.8 Å². The Hall–Kier alpha value is -2.34. The van der Waals surface area contributed by atoms with Crippen LogP contribution in [0, 0.1) is 6.92 Å². The minimum Gasteiger partial charge on any atom is -0.369 e. The Labute approximate surface area is 126 Å². The van der Waals surface area contributed by atoms with Crippen LogP contribution in [0.25, 0.3) is 22.4 Å². The molecule has 0 spiro atoms. The zero-order valence-electron chi connectivity index (χ0n) is 11.5. The normalized spacial score (nSPS) is 10.9. The lowest BCUT2D eigenvalue weighted by molar-refractivity contribution is -0.115. The van der Waals surface area contributed by atoms with Crippen molar-refractivity contribution in [3.8, 4) is 11.4 Å². The molecular weight excluding hydrogens is 284 g/mol. The molecule has 1 aromatic carbocycles. The van der Waals surface area contributed by atoms with Crippen molar-refractivity contribution in [3.63, 3.8) is 0 Å². The number of fused-ring (bicyclic) bond motifs is 1. The molecule has 0 aliphatic heterocycles. The summed E-state index contributed by atoms with van der Waals surface area (Å²) in [5.74, 6) is 0.670. The first-order valence-corrected chi connectivity index (χ1v) is 7.44. The van der Waals surface area contributed by atoms with E-state index in [9.17, 15) is 4.79 Å². The van der Waals surface area contributed by atoms with E-state index < -0.39 is 0 Å². The fraction of sp³-hybridized carbons (Fsp3) is 0.133. The van der Waals surface area contributed by atoms with Crippen LogP contribution in [-0.2, 0) is 4.79 Å². The van der Waals surface area contributed by atoms with Crippen molar-refractivity contribution in [2.75, 3.05) is 5.75 Å². The molecule has 0 saturated heterocycles. The molecule has 0 aliphatic rings. The lowest BCUT2D eigenvalue weighted by atomic mass is 10.2. The number of nitrogens with one attached hydrogen (secondary N) is 1. The molecule has 0 unspecified atom stereocenters. The Morgan fingerprint density at radius 1 is 1.33 bits per heavy atom. The molecule has 6 heteroatoms. The van der Waals surface area contributed by atoms with Gasteiger partial charge in [0, 0.05) is 11.8 Å². The van der Waals surface area contributed by atoms with Gasteiger partial charge in [0.15, 0.2) is 0 Å². The highest BCUT2D eigenvalue weighted by Crippen LogP contribution is 2.22. The average molecular weight is 298 g/mol. The number of rotatable bonds is 4. The van der Waals surface area contributed by atoms with Crippen LogP contribution in [0.3, 0.4) is 0 Å². The second-order valence-corrected chi connectivity index (χ2v) is 5.74. The zero-order chi connectivity index (χ0) is 14.8. The summed E-state index contributed by atoms with van der Waals surface area (Å²) in [6.07, 6.45) is 1.74. The van der Waals surface area contributed by atoms with E-state index in [0.29, 0.717) is 0 Å². The highest BCUT2D eigenvalue weighted by atomic mass is 32.2. The van der Waals surface area contributed by atoms with Crippen LogP contribution < -0.4 is 5.73 Å². The number of pyridine rings is 1. The van der Waals surface area contributed by atoms with Gasteiger partial charge in [0.2, 0.25) is 5.91 Å². The summed E-state index contributed by atoms with van der Waals surface area (Å²) >= 11 is 1.32. The highest BCUT2D eigenvalue weighted by molar-refractivity contribution is 7.99. The number of aromatic amines is 1. The van der Waals surface area contributed by atoms with Gasteiger partial charge < -0.3 is 10.7 Å². The third-order valence-corrected chi connectivity index (χ3v) is 3.98. The summed E-state index contributed by atoms with van der Waals surface area (Å²) in [6, 6.07) is 9.89. The molecule has 21 heavy (non-hydrogen) atoms. The summed E-state index contributed by atoms with van der Waals surface area (Å²) in [5.41, 5.74) is 9.16. The van der Waals surface area contributed by atoms with Gasteiger partial charge in [0.25, 0.3) is 0 Å². The highest BCUT2D eigenvalue weighted by Gasteiger charge is 2.06. The predicted molar refractivity (Wildman–Crippen MR) is 84.0 cm³/mol. The topological polar surface area (TPSA) is 84.7 Å². The van der Waals surface area contributed by atoms with E-state index in [1.165, 1.54) is 17.3 Å². The van der Waals surface area contributed by atoms with Crippen molar-refractivity contribution in [2.24, 2.45) is 5.73 Å². The third kappa shape index (κ3) is 3.05. The minimum absolute atomic E-state index is 0.232. The number of benzene rings is 1. The van der Waals surface area contributed by atoms with E-state index >= 15 is 0 Å². The molecule has 1 amide bonds. The van der Waals surface area contributed by atoms with E-state index in [1.54, 1.807) is 6.20 Å². The van der Waals surface area contributed by atoms with Crippen molar-refractivity contribution in [3.05, 3.63) is 42.1 Å². The third-order valence-electron chi connectivity index (χ3n) is 3.01. The largest absolute Gasteiger partial charge is 0.369 e. The summed E-state index contributed by atoms with van der Waals surface area (Å²) < 4.78 is 0. The average Bonchev–Trinajstić information content (AvgIpc) is 2.88. The van der Waals surface area contributed by atoms with E-state index in [-0.39, 0.29) is 11.7 Å². The number of imidazole rings is 1. The summed E-state index contributed by atoms with van der Waals surface area (Å²) in [4.78, 5) is 22.9. The first-order valence-electron chi connectivity index (χ1n) is 6.46. The smallest absolute Gasteiger partial charge is 0.227 e. The van der Waals surface area contributed by atoms with Crippen LogP contribution >= 0.6 is 11.8 Å². The lowest BCUT2D eigenvalue weighted by Crippen LogP contribution is -2.13. The summed E-state index contributed by atoms with van der Waals surface area (Å²) in [7, 11) is 0. The zero-order valence-corrected chi connectivity index (χ0v) is 12.3. The van der Waals surface area contributed by atoms with Crippen molar-refractivity contribution >= 4 is 28.7 Å². The van der Waals surface area contributed by atoms with Gasteiger partial charge in [0.1, 0.15) is 5.82 Å². The number of aryl methyl sites for hydroxylation is 1. The number of amides is 1. The molecule has 3 aromatic rings. The molecule has 0 aliphatic carbocycles. The van der Waals surface area contributed by atoms with E-state index in [2.05, 4.69) is 21.0 Å². The number of nitrogens with two attached hydrogens (primary N) is 1. The van der Waals surface area contributed by atoms with E-state index in [1.807, 2.05) is 31.2 Å². The Morgan fingerprint density at radius 2 is 2.19 bits per heavy atom. The van der Waals surface area contributed by atoms with Crippen LogP contribution in [0.4, 0.5) is 0 Å². The molecule has 0 fully saturated rings. The van der Waals surface area contributed by atoms with E-state index in [4.69, 9.17) is 5.73 Å². The molecule has 0 bridgehead atoms. The number of nitrogens with zero attached hydrogens (tertiary/aromatic N) is 2. The first-order chi connectivity index (χ1) is 10.1. The van der Waals surface area contributed by atoms with E-state index in [0.717, 1.165) is 27.4 Å². The second-order valence-electron chi connectivity index (χ2n) is 4.75. The van der Waals surface area contributed by atoms with Crippen LogP contribution in [0.1, 0.15) is 5.56 Å². The van der Waals surface area contributed by atoms with Crippen molar-refractivity contribution in [2.45, 2.75) is 11.9 Å². The van der Waals surface area contributed by atoms with Gasteiger partial charge >= 0.3 is 0 Å². The number of carbonyl (C=O) groups excluding carboxylic acids is 1. The van der Waals surface area contributed by atoms with Crippen molar-refractivity contribution in [1.29, 1.82) is 0 Å². The van der Waals surface area contributed by atoms with Crippen LogP contribution in [0.15, 0.2) is 41.6 Å². The monoisotopic (exact) mass is 298 g/mol. The second kappa shape index (κ2) is 5.57. The predicted octanol–water partition coefficient (Wildman–Crippen LogP) is 2.51. The fourth-order valence-electron chi connectivity index (χ4n) is 2.01. The number of carbonyl (C=O) groups is 1. The molecule has 106 valence electrons. The first kappa shape index (κ1) is 13.6. The number of aromatic nitrogens is 3. The number of primary amides is 1. The summed E-state index contributed by atoms with van der Waals surface area (Å²) in [5, 5.41) is 0.768. The van der Waals surface area contributed by atoms with Gasteiger partial charge in [-0.3, -0.25) is 4.79 Å². The maximum Gasteiger partial charge on any atom is 0.227 e. The van der Waals surface area contributed by atoms with Gasteiger partial charge in [-0.05, 0) is 36.8 Å². The molecule has 0 radical (unpaired) electrons. The van der Waals surface area contributed by atoms with Gasteiger partial charge in [0.05, 0.1) is 21.8 Å². The number of hydrogen-bond donors (Lipinski definition) is 2. The number of hydrogen-bond acceptors (Lipinski definition) is 4. The molecule has 3 N–H and O–H groups in total. The van der Waals surface area contributed by atoms with Crippen LogP contribution in [0.2, 0.25) is 0 Å². The Kier molecular flexibility index (Phi) is 3.62. The maximum atomic E-state index is 10.7. The fourth-order valence-corrected chi connectivity index (χ4v) is 2.59. The number of thioether (sulfide) groups is 1. The summed E-state index contributed by atoms with van der Waals surface area (Å²) in [6.45, 7) is 2.05. The molecule has 0 saturated carbocycles. The molecule has 3 rings (SSSR count). The number of H-pyrrole nitrogens is 1. The maximum absolute atomic E-state index is 10.7.